The van der Waals surface area contributed by atoms with Gasteiger partial charge in [0.2, 0.25) is 17.8 Å². The first kappa shape index (κ1) is 43.3. The first-order valence-electron chi connectivity index (χ1n) is 21.1. The Balaban J connectivity index is 1.55. The van der Waals surface area contributed by atoms with Gasteiger partial charge >= 0.3 is 0 Å². The van der Waals surface area contributed by atoms with Crippen molar-refractivity contribution in [3.8, 4) is 0 Å². The van der Waals surface area contributed by atoms with Crippen LogP contribution in [0.5, 0.6) is 0 Å². The van der Waals surface area contributed by atoms with E-state index in [-0.39, 0.29) is 56.4 Å². The van der Waals surface area contributed by atoms with Gasteiger partial charge in [-0.1, -0.05) is 0 Å². The second-order valence-electron chi connectivity index (χ2n) is 23.1. The average molecular weight is 755 g/mol. The van der Waals surface area contributed by atoms with E-state index in [9.17, 15) is 0 Å². The number of hydrogen-bond acceptors (Lipinski definition) is 12. The molecule has 0 unspecified atom stereocenters. The van der Waals surface area contributed by atoms with Crippen molar-refractivity contribution in [1.29, 1.82) is 0 Å². The number of nitrogens with zero attached hydrogens (tertiary/aromatic N) is 5. The summed E-state index contributed by atoms with van der Waals surface area (Å²) in [6.45, 7) is 38.6. The molecule has 0 bridgehead atoms. The Hall–Kier alpha value is -1.83. The average Bonchev–Trinajstić information content (AvgIpc) is 2.90. The molecule has 5 heterocycles. The van der Waals surface area contributed by atoms with Gasteiger partial charge in [-0.3, -0.25) is 10.6 Å². The third kappa shape index (κ3) is 11.6. The van der Waals surface area contributed by atoms with Crippen LogP contribution in [-0.4, -0.2) is 104 Å². The summed E-state index contributed by atoms with van der Waals surface area (Å²) >= 11 is 0. The van der Waals surface area contributed by atoms with E-state index in [2.05, 4.69) is 158 Å². The molecule has 54 heavy (non-hydrogen) atoms. The Morgan fingerprint density at radius 2 is 0.704 bits per heavy atom. The van der Waals surface area contributed by atoms with Crippen molar-refractivity contribution >= 4 is 17.8 Å². The van der Waals surface area contributed by atoms with E-state index < -0.39 is 0 Å². The predicted molar refractivity (Wildman–Crippen MR) is 228 cm³/mol. The fourth-order valence-corrected chi connectivity index (χ4v) is 11.8. The van der Waals surface area contributed by atoms with Gasteiger partial charge in [0, 0.05) is 75.5 Å². The minimum atomic E-state index is -0.0380. The molecule has 4 fully saturated rings. The molecule has 12 heteroatoms. The van der Waals surface area contributed by atoms with Crippen LogP contribution >= 0.6 is 0 Å². The van der Waals surface area contributed by atoms with Gasteiger partial charge in [0.15, 0.2) is 0 Å². The third-order valence-electron chi connectivity index (χ3n) is 12.0. The molecule has 4 aliphatic rings. The first-order valence-corrected chi connectivity index (χ1v) is 21.1. The standard InChI is InChI=1S/C42H82N12/c1-35(2)18-28(19-36(3,4)49-35)44-26-53(30-22-39(9,10)51-40(11,12)23-30)33-46-32(43-17)47-34(48-33)54(31-24-41(13,14)52-42(15,16)25-31)27-45-29-20-37(5,6)50-38(7,8)21-29/h28-31,44-45,49-52H,18-27H2,1-17H3,(H,43,46,47,48). The Bertz CT molecular complexity index is 1280. The van der Waals surface area contributed by atoms with Crippen molar-refractivity contribution in [3.63, 3.8) is 0 Å². The molecule has 0 saturated carbocycles. The molecule has 4 saturated heterocycles. The first-order chi connectivity index (χ1) is 24.5. The second kappa shape index (κ2) is 14.8. The van der Waals surface area contributed by atoms with Crippen LogP contribution in [0.15, 0.2) is 0 Å². The summed E-state index contributed by atoms with van der Waals surface area (Å²) in [5.41, 5.74) is 0.0361. The van der Waals surface area contributed by atoms with Gasteiger partial charge < -0.3 is 36.4 Å². The summed E-state index contributed by atoms with van der Waals surface area (Å²) < 4.78 is 0. The highest BCUT2D eigenvalue weighted by molar-refractivity contribution is 5.47. The van der Waals surface area contributed by atoms with Gasteiger partial charge in [-0.15, -0.1) is 0 Å². The van der Waals surface area contributed by atoms with Crippen molar-refractivity contribution in [2.24, 2.45) is 0 Å². The lowest BCUT2D eigenvalue weighted by molar-refractivity contribution is 0.139. The molecule has 1 aromatic rings. The lowest BCUT2D eigenvalue weighted by Gasteiger charge is -2.51. The van der Waals surface area contributed by atoms with Gasteiger partial charge in [-0.05, 0) is 162 Å². The van der Waals surface area contributed by atoms with E-state index in [4.69, 9.17) is 15.0 Å². The second-order valence-corrected chi connectivity index (χ2v) is 23.1. The molecule has 0 spiro atoms. The summed E-state index contributed by atoms with van der Waals surface area (Å²) in [5, 5.41) is 27.0. The SMILES string of the molecule is CNc1nc(N(CNC2CC(C)(C)NC(C)(C)C2)C2CC(C)(C)NC(C)(C)C2)nc(N(CNC2CC(C)(C)NC(C)(C)C2)C2CC(C)(C)NC(C)(C)C2)n1. The number of aromatic nitrogens is 3. The summed E-state index contributed by atoms with van der Waals surface area (Å²) in [4.78, 5) is 20.8. The van der Waals surface area contributed by atoms with Gasteiger partial charge in [-0.25, -0.2) is 0 Å². The van der Waals surface area contributed by atoms with E-state index in [1.54, 1.807) is 0 Å². The molecular weight excluding hydrogens is 673 g/mol. The molecular formula is C42H82N12. The van der Waals surface area contributed by atoms with E-state index in [0.29, 0.717) is 31.4 Å². The zero-order chi connectivity index (χ0) is 40.3. The molecule has 0 amide bonds. The molecule has 0 aromatic carbocycles. The number of anilines is 3. The molecule has 7 N–H and O–H groups in total. The summed E-state index contributed by atoms with van der Waals surface area (Å²) in [7, 11) is 1.93. The number of nitrogens with one attached hydrogen (secondary N) is 7. The Morgan fingerprint density at radius 3 is 0.963 bits per heavy atom. The highest BCUT2D eigenvalue weighted by Gasteiger charge is 2.45. The van der Waals surface area contributed by atoms with E-state index >= 15 is 0 Å². The van der Waals surface area contributed by atoms with E-state index in [1.807, 2.05) is 7.05 Å². The minimum Gasteiger partial charge on any atom is -0.357 e. The normalized spacial score (nSPS) is 27.6. The van der Waals surface area contributed by atoms with Crippen LogP contribution in [0.2, 0.25) is 0 Å². The smallest absolute Gasteiger partial charge is 0.233 e. The van der Waals surface area contributed by atoms with Crippen molar-refractivity contribution in [2.75, 3.05) is 35.5 Å². The quantitative estimate of drug-likeness (QED) is 0.137. The minimum absolute atomic E-state index is 0.0380. The predicted octanol–water partition coefficient (Wildman–Crippen LogP) is 5.86. The zero-order valence-electron chi connectivity index (χ0n) is 37.6. The molecule has 310 valence electrons. The van der Waals surface area contributed by atoms with Crippen molar-refractivity contribution in [2.45, 2.75) is 231 Å². The summed E-state index contributed by atoms with van der Waals surface area (Å²) in [5.74, 6) is 2.09. The van der Waals surface area contributed by atoms with Crippen molar-refractivity contribution in [1.82, 2.24) is 46.9 Å². The topological polar surface area (TPSA) is 129 Å². The Kier molecular flexibility index (Phi) is 11.9. The number of piperidine rings is 4. The van der Waals surface area contributed by atoms with Crippen LogP contribution in [0.1, 0.15) is 162 Å². The largest absolute Gasteiger partial charge is 0.357 e. The van der Waals surface area contributed by atoms with Gasteiger partial charge in [0.25, 0.3) is 0 Å². The van der Waals surface area contributed by atoms with Gasteiger partial charge in [0.05, 0.1) is 13.3 Å². The molecule has 0 atom stereocenters. The monoisotopic (exact) mass is 755 g/mol. The highest BCUT2D eigenvalue weighted by atomic mass is 15.4. The molecule has 12 nitrogen and oxygen atoms in total. The zero-order valence-corrected chi connectivity index (χ0v) is 37.6. The van der Waals surface area contributed by atoms with E-state index in [0.717, 1.165) is 63.3 Å². The molecule has 1 aromatic heterocycles. The molecule has 5 rings (SSSR count). The van der Waals surface area contributed by atoms with Crippen molar-refractivity contribution in [3.05, 3.63) is 0 Å². The molecule has 4 aliphatic heterocycles. The maximum absolute atomic E-state index is 5.51. The highest BCUT2D eigenvalue weighted by Crippen LogP contribution is 2.37. The fourth-order valence-electron chi connectivity index (χ4n) is 11.8. The molecule has 0 radical (unpaired) electrons. The van der Waals surface area contributed by atoms with Gasteiger partial charge in [-0.2, -0.15) is 15.0 Å². The third-order valence-corrected chi connectivity index (χ3v) is 12.0. The van der Waals surface area contributed by atoms with Crippen LogP contribution in [0.4, 0.5) is 17.8 Å². The van der Waals surface area contributed by atoms with E-state index in [1.165, 1.54) is 0 Å². The van der Waals surface area contributed by atoms with Crippen LogP contribution in [0, 0.1) is 0 Å². The Labute approximate surface area is 330 Å². The summed E-state index contributed by atoms with van der Waals surface area (Å²) in [6, 6.07) is 1.19. The Morgan fingerprint density at radius 1 is 0.444 bits per heavy atom. The van der Waals surface area contributed by atoms with Crippen molar-refractivity contribution < 1.29 is 0 Å². The number of rotatable bonds is 11. The summed E-state index contributed by atoms with van der Waals surface area (Å²) in [6.07, 6.45) is 8.18. The maximum Gasteiger partial charge on any atom is 0.233 e. The van der Waals surface area contributed by atoms with Crippen LogP contribution in [0.25, 0.3) is 0 Å². The fraction of sp³-hybridized carbons (Fsp3) is 0.929. The lowest BCUT2D eigenvalue weighted by atomic mass is 9.79. The van der Waals surface area contributed by atoms with Crippen LogP contribution < -0.4 is 47.0 Å². The van der Waals surface area contributed by atoms with Crippen LogP contribution in [0.3, 0.4) is 0 Å². The maximum atomic E-state index is 5.51. The molecule has 0 aliphatic carbocycles. The van der Waals surface area contributed by atoms with Crippen LogP contribution in [-0.2, 0) is 0 Å². The van der Waals surface area contributed by atoms with Gasteiger partial charge in [0.1, 0.15) is 0 Å². The number of hydrogen-bond donors (Lipinski definition) is 7. The lowest BCUT2D eigenvalue weighted by Crippen LogP contribution is -2.65.